The Morgan fingerprint density at radius 1 is 1.27 bits per heavy atom. The molecule has 1 aliphatic heterocycles. The Bertz CT molecular complexity index is 221. The third-order valence-corrected chi connectivity index (χ3v) is 3.77. The molecule has 2 fully saturated rings. The zero-order valence-corrected chi connectivity index (χ0v) is 9.15. The number of carbonyl (C=O) groups is 1. The van der Waals surface area contributed by atoms with Gasteiger partial charge in [0, 0.05) is 19.6 Å². The maximum atomic E-state index is 10.4. The predicted octanol–water partition coefficient (Wildman–Crippen LogP) is 2.30. The maximum Gasteiger partial charge on any atom is 0.303 e. The van der Waals surface area contributed by atoms with E-state index in [9.17, 15) is 4.79 Å². The Morgan fingerprint density at radius 3 is 2.67 bits per heavy atom. The van der Waals surface area contributed by atoms with Crippen LogP contribution in [0.2, 0.25) is 0 Å². The van der Waals surface area contributed by atoms with Gasteiger partial charge in [-0.25, -0.2) is 0 Å². The van der Waals surface area contributed by atoms with Crippen molar-refractivity contribution in [1.29, 1.82) is 0 Å². The van der Waals surface area contributed by atoms with Crippen LogP contribution >= 0.6 is 0 Å². The van der Waals surface area contributed by atoms with E-state index >= 15 is 0 Å². The van der Waals surface area contributed by atoms with Crippen LogP contribution in [0.15, 0.2) is 0 Å². The van der Waals surface area contributed by atoms with Gasteiger partial charge in [-0.15, -0.1) is 0 Å². The zero-order valence-electron chi connectivity index (χ0n) is 9.15. The second kappa shape index (κ2) is 4.97. The molecule has 15 heavy (non-hydrogen) atoms. The van der Waals surface area contributed by atoms with Crippen molar-refractivity contribution in [2.24, 2.45) is 17.8 Å². The first-order valence-electron chi connectivity index (χ1n) is 6.05. The highest BCUT2D eigenvalue weighted by Crippen LogP contribution is 2.47. The molecule has 2 unspecified atom stereocenters. The summed E-state index contributed by atoms with van der Waals surface area (Å²) in [7, 11) is 0. The molecule has 0 bridgehead atoms. The summed E-state index contributed by atoms with van der Waals surface area (Å²) >= 11 is 0. The molecule has 0 aromatic carbocycles. The highest BCUT2D eigenvalue weighted by atomic mass is 16.5. The lowest BCUT2D eigenvalue weighted by Crippen LogP contribution is -2.16. The molecule has 1 saturated carbocycles. The standard InChI is InChI=1S/C12H20O3/c13-12(14)2-1-10-8-11(10)7-9-3-5-15-6-4-9/h9-11H,1-8H2,(H,13,14). The number of ether oxygens (including phenoxy) is 1. The van der Waals surface area contributed by atoms with E-state index in [0.29, 0.717) is 12.3 Å². The van der Waals surface area contributed by atoms with Gasteiger partial charge in [0.15, 0.2) is 0 Å². The van der Waals surface area contributed by atoms with Crippen LogP contribution in [0.1, 0.15) is 38.5 Å². The van der Waals surface area contributed by atoms with E-state index in [0.717, 1.165) is 31.5 Å². The number of hydrogen-bond donors (Lipinski definition) is 1. The molecule has 2 atom stereocenters. The first-order chi connectivity index (χ1) is 7.25. The third-order valence-electron chi connectivity index (χ3n) is 3.77. The van der Waals surface area contributed by atoms with Gasteiger partial charge in [-0.3, -0.25) is 4.79 Å². The van der Waals surface area contributed by atoms with E-state index in [1.807, 2.05) is 0 Å². The Hall–Kier alpha value is -0.570. The normalized spacial score (nSPS) is 31.5. The fourth-order valence-electron chi connectivity index (χ4n) is 2.67. The van der Waals surface area contributed by atoms with Crippen molar-refractivity contribution in [2.45, 2.75) is 38.5 Å². The molecular formula is C12H20O3. The summed E-state index contributed by atoms with van der Waals surface area (Å²) < 4.78 is 5.33. The summed E-state index contributed by atoms with van der Waals surface area (Å²) in [6.45, 7) is 1.86. The first kappa shape index (κ1) is 10.9. The Kier molecular flexibility index (Phi) is 3.62. The molecule has 1 aliphatic carbocycles. The van der Waals surface area contributed by atoms with Crippen LogP contribution in [0.4, 0.5) is 0 Å². The van der Waals surface area contributed by atoms with Crippen molar-refractivity contribution in [1.82, 2.24) is 0 Å². The monoisotopic (exact) mass is 212 g/mol. The Morgan fingerprint density at radius 2 is 2.00 bits per heavy atom. The van der Waals surface area contributed by atoms with E-state index in [2.05, 4.69) is 0 Å². The molecule has 0 amide bonds. The zero-order chi connectivity index (χ0) is 10.7. The van der Waals surface area contributed by atoms with Gasteiger partial charge in [-0.1, -0.05) is 0 Å². The van der Waals surface area contributed by atoms with E-state index in [-0.39, 0.29) is 0 Å². The minimum absolute atomic E-state index is 0.356. The van der Waals surface area contributed by atoms with Crippen molar-refractivity contribution < 1.29 is 14.6 Å². The predicted molar refractivity (Wildman–Crippen MR) is 56.6 cm³/mol. The molecule has 3 heteroatoms. The van der Waals surface area contributed by atoms with Gasteiger partial charge in [0.05, 0.1) is 0 Å². The van der Waals surface area contributed by atoms with Gasteiger partial charge in [0.1, 0.15) is 0 Å². The highest BCUT2D eigenvalue weighted by molar-refractivity contribution is 5.66. The quantitative estimate of drug-likeness (QED) is 0.760. The first-order valence-corrected chi connectivity index (χ1v) is 6.05. The summed E-state index contributed by atoms with van der Waals surface area (Å²) in [6.07, 6.45) is 6.25. The average molecular weight is 212 g/mol. The van der Waals surface area contributed by atoms with Crippen molar-refractivity contribution in [3.63, 3.8) is 0 Å². The van der Waals surface area contributed by atoms with Crippen LogP contribution in [0.25, 0.3) is 0 Å². The third kappa shape index (κ3) is 3.49. The number of carboxylic acids is 1. The SMILES string of the molecule is O=C(O)CCC1CC1CC1CCOCC1. The largest absolute Gasteiger partial charge is 0.481 e. The van der Waals surface area contributed by atoms with Crippen LogP contribution in [0.5, 0.6) is 0 Å². The van der Waals surface area contributed by atoms with Gasteiger partial charge in [-0.05, 0) is 49.9 Å². The van der Waals surface area contributed by atoms with Crippen LogP contribution in [0, 0.1) is 17.8 Å². The molecule has 0 spiro atoms. The average Bonchev–Trinajstić information content (AvgIpc) is 2.95. The fraction of sp³-hybridized carbons (Fsp3) is 0.917. The fourth-order valence-corrected chi connectivity index (χ4v) is 2.67. The van der Waals surface area contributed by atoms with E-state index in [4.69, 9.17) is 9.84 Å². The lowest BCUT2D eigenvalue weighted by molar-refractivity contribution is -0.137. The molecule has 0 radical (unpaired) electrons. The summed E-state index contributed by atoms with van der Waals surface area (Å²) in [6, 6.07) is 0. The molecule has 0 aromatic rings. The van der Waals surface area contributed by atoms with E-state index in [1.54, 1.807) is 0 Å². The van der Waals surface area contributed by atoms with Crippen molar-refractivity contribution in [2.75, 3.05) is 13.2 Å². The molecule has 1 heterocycles. The second-order valence-electron chi connectivity index (χ2n) is 4.98. The van der Waals surface area contributed by atoms with Crippen LogP contribution < -0.4 is 0 Å². The smallest absolute Gasteiger partial charge is 0.303 e. The number of carboxylic acid groups (broad SMARTS) is 1. The van der Waals surface area contributed by atoms with Gasteiger partial charge in [0.2, 0.25) is 0 Å². The lowest BCUT2D eigenvalue weighted by Gasteiger charge is -2.21. The van der Waals surface area contributed by atoms with Crippen molar-refractivity contribution >= 4 is 5.97 Å². The highest BCUT2D eigenvalue weighted by Gasteiger charge is 2.38. The summed E-state index contributed by atoms with van der Waals surface area (Å²) in [5, 5.41) is 8.58. The van der Waals surface area contributed by atoms with Crippen molar-refractivity contribution in [3.8, 4) is 0 Å². The minimum Gasteiger partial charge on any atom is -0.481 e. The molecule has 1 saturated heterocycles. The molecular weight excluding hydrogens is 192 g/mol. The van der Waals surface area contributed by atoms with Crippen LogP contribution in [-0.4, -0.2) is 24.3 Å². The Balaban J connectivity index is 1.59. The maximum absolute atomic E-state index is 10.4. The lowest BCUT2D eigenvalue weighted by atomic mass is 9.93. The van der Waals surface area contributed by atoms with E-state index in [1.165, 1.54) is 25.7 Å². The molecule has 0 aromatic heterocycles. The minimum atomic E-state index is -0.647. The number of rotatable bonds is 5. The summed E-state index contributed by atoms with van der Waals surface area (Å²) in [5.74, 6) is 1.74. The summed E-state index contributed by atoms with van der Waals surface area (Å²) in [4.78, 5) is 10.4. The van der Waals surface area contributed by atoms with Crippen LogP contribution in [0.3, 0.4) is 0 Å². The second-order valence-corrected chi connectivity index (χ2v) is 4.98. The van der Waals surface area contributed by atoms with Crippen molar-refractivity contribution in [3.05, 3.63) is 0 Å². The summed E-state index contributed by atoms with van der Waals surface area (Å²) in [5.41, 5.74) is 0. The molecule has 2 aliphatic rings. The van der Waals surface area contributed by atoms with Gasteiger partial charge >= 0.3 is 5.97 Å². The van der Waals surface area contributed by atoms with Gasteiger partial charge in [0.25, 0.3) is 0 Å². The van der Waals surface area contributed by atoms with Gasteiger partial charge < -0.3 is 9.84 Å². The van der Waals surface area contributed by atoms with E-state index < -0.39 is 5.97 Å². The molecule has 1 N–H and O–H groups in total. The Labute approximate surface area is 90.8 Å². The topological polar surface area (TPSA) is 46.5 Å². The molecule has 2 rings (SSSR count). The van der Waals surface area contributed by atoms with Gasteiger partial charge in [-0.2, -0.15) is 0 Å². The number of hydrogen-bond acceptors (Lipinski definition) is 2. The molecule has 3 nitrogen and oxygen atoms in total. The number of aliphatic carboxylic acids is 1. The van der Waals surface area contributed by atoms with Crippen LogP contribution in [-0.2, 0) is 9.53 Å². The molecule has 86 valence electrons.